The summed E-state index contributed by atoms with van der Waals surface area (Å²) in [5.41, 5.74) is 2.55. The van der Waals surface area contributed by atoms with Gasteiger partial charge in [-0.25, -0.2) is 0 Å². The van der Waals surface area contributed by atoms with Crippen LogP contribution in [0.1, 0.15) is 98.3 Å². The number of fused-ring (bicyclic) bond motifs is 5. The summed E-state index contributed by atoms with van der Waals surface area (Å²) in [6.45, 7) is 11.1. The van der Waals surface area contributed by atoms with Gasteiger partial charge in [-0.05, 0) is 104 Å². The van der Waals surface area contributed by atoms with Crippen LogP contribution in [0.3, 0.4) is 0 Å². The van der Waals surface area contributed by atoms with Crippen LogP contribution in [0.2, 0.25) is 0 Å². The average Bonchev–Trinajstić information content (AvgIpc) is 3.10. The van der Waals surface area contributed by atoms with E-state index in [1.54, 1.807) is 5.57 Å². The van der Waals surface area contributed by atoms with E-state index < -0.39 is 0 Å². The zero-order valence-electron chi connectivity index (χ0n) is 20.5. The average molecular weight is 543 g/mol. The van der Waals surface area contributed by atoms with E-state index in [0.29, 0.717) is 16.7 Å². The van der Waals surface area contributed by atoms with Crippen molar-refractivity contribution in [2.24, 2.45) is 46.3 Å². The van der Waals surface area contributed by atoms with Gasteiger partial charge in [0.25, 0.3) is 0 Å². The lowest BCUT2D eigenvalue weighted by atomic mass is 9.47. The number of allylic oxidation sites excluding steroid dienone is 1. The normalized spacial score (nSPS) is 44.1. The minimum atomic E-state index is -0.0858. The van der Waals surface area contributed by atoms with Gasteiger partial charge in [-0.3, -0.25) is 0 Å². The van der Waals surface area contributed by atoms with E-state index in [9.17, 15) is 5.11 Å². The third-order valence-electron chi connectivity index (χ3n) is 10.7. The topological polar surface area (TPSA) is 29.5 Å². The van der Waals surface area contributed by atoms with Crippen molar-refractivity contribution in [3.8, 4) is 0 Å². The number of halogens is 1. The largest absolute Gasteiger partial charge is 0.393 e. The quantitative estimate of drug-likeness (QED) is 0.193. The molecule has 4 aliphatic rings. The van der Waals surface area contributed by atoms with E-state index in [1.165, 1.54) is 57.8 Å². The van der Waals surface area contributed by atoms with Crippen LogP contribution in [0.15, 0.2) is 11.6 Å². The number of hydrogen-bond donors (Lipinski definition) is 1. The van der Waals surface area contributed by atoms with Crippen LogP contribution in [0.4, 0.5) is 0 Å². The molecule has 31 heavy (non-hydrogen) atoms. The third-order valence-corrected chi connectivity index (χ3v) is 11.1. The maximum absolute atomic E-state index is 10.2. The molecule has 0 aromatic heterocycles. The summed E-state index contributed by atoms with van der Waals surface area (Å²) in [5.74, 6) is 5.17. The van der Waals surface area contributed by atoms with Crippen LogP contribution in [0.5, 0.6) is 0 Å². The molecular weight excluding hydrogens is 495 g/mol. The van der Waals surface area contributed by atoms with Crippen molar-refractivity contribution in [2.75, 3.05) is 11.2 Å². The lowest BCUT2D eigenvalue weighted by Crippen LogP contribution is -2.50. The minimum absolute atomic E-state index is 0.0858. The molecule has 2 nitrogen and oxygen atoms in total. The summed E-state index contributed by atoms with van der Waals surface area (Å²) in [4.78, 5) is 0. The van der Waals surface area contributed by atoms with Crippen molar-refractivity contribution in [3.63, 3.8) is 0 Å². The molecule has 1 unspecified atom stereocenters. The smallest absolute Gasteiger partial charge is 0.0979 e. The summed E-state index contributed by atoms with van der Waals surface area (Å²) in [6, 6.07) is 0. The second kappa shape index (κ2) is 9.94. The summed E-state index contributed by atoms with van der Waals surface area (Å²) in [6.07, 6.45) is 16.8. The van der Waals surface area contributed by atoms with E-state index in [2.05, 4.69) is 56.4 Å². The lowest BCUT2D eigenvalue weighted by molar-refractivity contribution is -0.0573. The standard InChI is InChI=1S/C28H47IO2/c1-19(17-31-18-29)6-5-7-20(2)24-10-11-25-23-9-8-21-16-22(30)12-14-27(21,3)26(23)13-15-28(24,25)4/h8,19-20,22-26,30H,5-7,9-18H2,1-4H3/t19?,20-,22+,23+,24-,25+,26+,27+,28-/m1/s1. The fourth-order valence-corrected chi connectivity index (χ4v) is 9.19. The fraction of sp³-hybridized carbons (Fsp3) is 0.929. The molecule has 3 saturated carbocycles. The highest BCUT2D eigenvalue weighted by Gasteiger charge is 2.59. The van der Waals surface area contributed by atoms with Gasteiger partial charge in [0.1, 0.15) is 0 Å². The Balaban J connectivity index is 1.39. The molecule has 1 N–H and O–H groups in total. The van der Waals surface area contributed by atoms with Gasteiger partial charge in [0.2, 0.25) is 0 Å². The van der Waals surface area contributed by atoms with E-state index in [1.807, 2.05) is 0 Å². The predicted molar refractivity (Wildman–Crippen MR) is 138 cm³/mol. The van der Waals surface area contributed by atoms with Gasteiger partial charge >= 0.3 is 0 Å². The zero-order valence-corrected chi connectivity index (χ0v) is 22.7. The fourth-order valence-electron chi connectivity index (χ4n) is 8.94. The highest BCUT2D eigenvalue weighted by molar-refractivity contribution is 14.1. The highest BCUT2D eigenvalue weighted by Crippen LogP contribution is 2.67. The van der Waals surface area contributed by atoms with Gasteiger partial charge in [-0.1, -0.05) is 74.8 Å². The summed E-state index contributed by atoms with van der Waals surface area (Å²) in [7, 11) is 0. The van der Waals surface area contributed by atoms with Gasteiger partial charge in [0.15, 0.2) is 0 Å². The Hall–Kier alpha value is 0.390. The first-order valence-corrected chi connectivity index (χ1v) is 14.8. The Morgan fingerprint density at radius 3 is 2.68 bits per heavy atom. The molecule has 0 bridgehead atoms. The number of aliphatic hydroxyl groups is 1. The van der Waals surface area contributed by atoms with Crippen LogP contribution in [0.25, 0.3) is 0 Å². The number of hydrogen-bond acceptors (Lipinski definition) is 2. The second-order valence-electron chi connectivity index (χ2n) is 12.4. The predicted octanol–water partition coefficient (Wildman–Crippen LogP) is 7.78. The van der Waals surface area contributed by atoms with Crippen LogP contribution in [-0.2, 0) is 4.74 Å². The van der Waals surface area contributed by atoms with E-state index >= 15 is 0 Å². The van der Waals surface area contributed by atoms with Crippen LogP contribution >= 0.6 is 22.6 Å². The highest BCUT2D eigenvalue weighted by atomic mass is 127. The molecule has 4 rings (SSSR count). The molecule has 0 aliphatic heterocycles. The van der Waals surface area contributed by atoms with Crippen LogP contribution < -0.4 is 0 Å². The van der Waals surface area contributed by atoms with Gasteiger partial charge in [0.05, 0.1) is 17.3 Å². The zero-order chi connectivity index (χ0) is 22.2. The number of alkyl halides is 1. The number of rotatable bonds is 8. The lowest BCUT2D eigenvalue weighted by Gasteiger charge is -2.58. The molecule has 0 aromatic rings. The molecule has 178 valence electrons. The molecule has 0 aromatic carbocycles. The third kappa shape index (κ3) is 4.67. The van der Waals surface area contributed by atoms with Crippen LogP contribution in [-0.4, -0.2) is 22.4 Å². The van der Waals surface area contributed by atoms with Crippen molar-refractivity contribution < 1.29 is 9.84 Å². The molecule has 3 fully saturated rings. The van der Waals surface area contributed by atoms with Crippen molar-refractivity contribution in [3.05, 3.63) is 11.6 Å². The van der Waals surface area contributed by atoms with Gasteiger partial charge < -0.3 is 9.84 Å². The molecule has 0 saturated heterocycles. The summed E-state index contributed by atoms with van der Waals surface area (Å²) < 4.78 is 6.43. The van der Waals surface area contributed by atoms with Crippen molar-refractivity contribution in [1.82, 2.24) is 0 Å². The molecular formula is C28H47IO2. The van der Waals surface area contributed by atoms with Crippen molar-refractivity contribution >= 4 is 22.6 Å². The summed E-state index contributed by atoms with van der Waals surface area (Å²) in [5, 5.41) is 10.2. The maximum atomic E-state index is 10.2. The maximum Gasteiger partial charge on any atom is 0.0979 e. The number of aliphatic hydroxyl groups excluding tert-OH is 1. The van der Waals surface area contributed by atoms with Crippen molar-refractivity contribution in [1.29, 1.82) is 0 Å². The van der Waals surface area contributed by atoms with Crippen molar-refractivity contribution in [2.45, 2.75) is 104 Å². The van der Waals surface area contributed by atoms with Gasteiger partial charge in [0, 0.05) is 0 Å². The Kier molecular flexibility index (Phi) is 7.86. The Morgan fingerprint density at radius 2 is 1.90 bits per heavy atom. The Labute approximate surface area is 205 Å². The van der Waals surface area contributed by atoms with Gasteiger partial charge in [-0.15, -0.1) is 0 Å². The van der Waals surface area contributed by atoms with Crippen LogP contribution in [0, 0.1) is 46.3 Å². The van der Waals surface area contributed by atoms with E-state index in [4.69, 9.17) is 4.74 Å². The molecule has 0 amide bonds. The molecule has 9 atom stereocenters. The molecule has 0 radical (unpaired) electrons. The minimum Gasteiger partial charge on any atom is -0.393 e. The first-order valence-electron chi connectivity index (χ1n) is 13.3. The summed E-state index contributed by atoms with van der Waals surface area (Å²) >= 11 is 2.30. The Morgan fingerprint density at radius 1 is 1.10 bits per heavy atom. The molecule has 0 spiro atoms. The van der Waals surface area contributed by atoms with Gasteiger partial charge in [-0.2, -0.15) is 0 Å². The SMILES string of the molecule is CC(CCC[C@@H](C)[C@H]1CC[C@H]2[C@@H]3CC=C4C[C@@H](O)CC[C@]4(C)[C@H]3CC[C@]12C)COCI. The first kappa shape index (κ1) is 24.5. The molecule has 0 heterocycles. The second-order valence-corrected chi connectivity index (χ2v) is 13.0. The van der Waals surface area contributed by atoms with E-state index in [-0.39, 0.29) is 6.10 Å². The monoisotopic (exact) mass is 542 g/mol. The van der Waals surface area contributed by atoms with E-state index in [0.717, 1.165) is 53.7 Å². The Bertz CT molecular complexity index is 647. The molecule has 3 heteroatoms. The number of ether oxygens (including phenoxy) is 1. The first-order chi connectivity index (χ1) is 14.8. The molecule has 4 aliphatic carbocycles.